The van der Waals surface area contributed by atoms with Gasteiger partial charge in [0.2, 0.25) is 5.91 Å². The lowest BCUT2D eigenvalue weighted by molar-refractivity contribution is -0.132. The van der Waals surface area contributed by atoms with E-state index < -0.39 is 26.9 Å². The van der Waals surface area contributed by atoms with Gasteiger partial charge in [-0.25, -0.2) is 12.8 Å². The highest BCUT2D eigenvalue weighted by Gasteiger charge is 2.40. The van der Waals surface area contributed by atoms with Gasteiger partial charge in [0.1, 0.15) is 11.1 Å². The van der Waals surface area contributed by atoms with E-state index in [1.54, 1.807) is 24.0 Å². The van der Waals surface area contributed by atoms with Gasteiger partial charge in [-0.1, -0.05) is 23.7 Å². The minimum absolute atomic E-state index is 0.0315. The molecule has 1 aromatic heterocycles. The number of amides is 1. The summed E-state index contributed by atoms with van der Waals surface area (Å²) in [5.74, 6) is -0.787. The van der Waals surface area contributed by atoms with Crippen molar-refractivity contribution in [3.05, 3.63) is 57.0 Å². The lowest BCUT2D eigenvalue weighted by Crippen LogP contribution is -2.51. The Hall–Kier alpha value is -1.44. The molecule has 3 rings (SSSR count). The number of hydrogen-bond donors (Lipinski definition) is 0. The minimum Gasteiger partial charge on any atom is -0.337 e. The van der Waals surface area contributed by atoms with Crippen LogP contribution in [0, 0.1) is 5.82 Å². The van der Waals surface area contributed by atoms with Gasteiger partial charge in [-0.15, -0.1) is 11.3 Å². The molecule has 0 N–H and O–H groups in total. The molecule has 2 aromatic rings. The first-order valence-corrected chi connectivity index (χ1v) is 10.7. The monoisotopic (exact) mass is 401 g/mol. The number of nitrogens with zero attached hydrogens (tertiary/aromatic N) is 1. The van der Waals surface area contributed by atoms with E-state index in [4.69, 9.17) is 11.6 Å². The lowest BCUT2D eigenvalue weighted by Gasteiger charge is -2.37. The molecule has 0 spiro atoms. The first-order valence-electron chi connectivity index (χ1n) is 7.76. The maximum atomic E-state index is 13.3. The second kappa shape index (κ2) is 7.05. The van der Waals surface area contributed by atoms with Gasteiger partial charge >= 0.3 is 0 Å². The van der Waals surface area contributed by atoms with E-state index in [1.165, 1.54) is 29.5 Å². The van der Waals surface area contributed by atoms with E-state index in [9.17, 15) is 17.6 Å². The van der Waals surface area contributed by atoms with E-state index in [2.05, 4.69) is 0 Å². The van der Waals surface area contributed by atoms with E-state index in [0.717, 1.165) is 4.88 Å². The third kappa shape index (κ3) is 3.88. The van der Waals surface area contributed by atoms with Crippen LogP contribution < -0.4 is 0 Å². The van der Waals surface area contributed by atoms with Crippen molar-refractivity contribution in [2.75, 3.05) is 12.3 Å². The van der Waals surface area contributed by atoms with Crippen LogP contribution in [0.2, 0.25) is 5.02 Å². The zero-order valence-electron chi connectivity index (χ0n) is 13.5. The maximum Gasteiger partial charge on any atom is 0.227 e. The Morgan fingerprint density at radius 1 is 1.40 bits per heavy atom. The Kier molecular flexibility index (Phi) is 5.18. The summed E-state index contributed by atoms with van der Waals surface area (Å²) >= 11 is 7.14. The minimum atomic E-state index is -3.30. The van der Waals surface area contributed by atoms with Gasteiger partial charge in [-0.3, -0.25) is 4.79 Å². The van der Waals surface area contributed by atoms with Crippen molar-refractivity contribution >= 4 is 38.7 Å². The molecule has 0 bridgehead atoms. The summed E-state index contributed by atoms with van der Waals surface area (Å²) in [4.78, 5) is 15.0. The standard InChI is InChI=1S/C17H17ClFNO3S2/c1-11-10-25(22,23)16(15-3-2-6-24-15)9-20(11)17(21)8-12-4-5-14(19)13(18)7-12/h2-7,11,16H,8-10H2,1H3/t11-,16-/m0/s1. The largest absolute Gasteiger partial charge is 0.337 e. The third-order valence-corrected chi connectivity index (χ3v) is 7.96. The van der Waals surface area contributed by atoms with Crippen LogP contribution in [0.4, 0.5) is 4.39 Å². The van der Waals surface area contributed by atoms with Crippen molar-refractivity contribution < 1.29 is 17.6 Å². The molecule has 4 nitrogen and oxygen atoms in total. The molecular formula is C17H17ClFNO3S2. The summed E-state index contributed by atoms with van der Waals surface area (Å²) in [5.41, 5.74) is 0.602. The number of halogens is 2. The third-order valence-electron chi connectivity index (χ3n) is 4.32. The predicted molar refractivity (Wildman–Crippen MR) is 97.1 cm³/mol. The fourth-order valence-electron chi connectivity index (χ4n) is 3.03. The highest BCUT2D eigenvalue weighted by atomic mass is 35.5. The van der Waals surface area contributed by atoms with Crippen LogP contribution >= 0.6 is 22.9 Å². The average molecular weight is 402 g/mol. The Bertz CT molecular complexity index is 883. The second-order valence-electron chi connectivity index (χ2n) is 6.15. The molecule has 0 saturated carbocycles. The first-order chi connectivity index (χ1) is 11.8. The molecular weight excluding hydrogens is 385 g/mol. The molecule has 0 unspecified atom stereocenters. The molecule has 1 fully saturated rings. The molecule has 0 radical (unpaired) electrons. The molecule has 1 aliphatic rings. The van der Waals surface area contributed by atoms with E-state index in [1.807, 2.05) is 5.38 Å². The SMILES string of the molecule is C[C@H]1CS(=O)(=O)[C@H](c2cccs2)CN1C(=O)Cc1ccc(F)c(Cl)c1. The quantitative estimate of drug-likeness (QED) is 0.791. The number of carbonyl (C=O) groups excluding carboxylic acids is 1. The molecule has 25 heavy (non-hydrogen) atoms. The summed E-state index contributed by atoms with van der Waals surface area (Å²) in [6.45, 7) is 1.87. The summed E-state index contributed by atoms with van der Waals surface area (Å²) in [5, 5.41) is 1.11. The van der Waals surface area contributed by atoms with Gasteiger partial charge in [-0.05, 0) is 36.1 Å². The molecule has 0 aliphatic carbocycles. The predicted octanol–water partition coefficient (Wildman–Crippen LogP) is 3.47. The topological polar surface area (TPSA) is 54.5 Å². The van der Waals surface area contributed by atoms with E-state index in [-0.39, 0.29) is 29.6 Å². The number of benzene rings is 1. The summed E-state index contributed by atoms with van der Waals surface area (Å²) in [6.07, 6.45) is 0.0571. The van der Waals surface area contributed by atoms with Crippen LogP contribution in [0.25, 0.3) is 0 Å². The molecule has 1 aromatic carbocycles. The van der Waals surface area contributed by atoms with Crippen LogP contribution in [0.5, 0.6) is 0 Å². The van der Waals surface area contributed by atoms with Gasteiger partial charge in [-0.2, -0.15) is 0 Å². The highest BCUT2D eigenvalue weighted by Crippen LogP contribution is 2.33. The van der Waals surface area contributed by atoms with Crippen LogP contribution in [0.1, 0.15) is 22.6 Å². The van der Waals surface area contributed by atoms with Gasteiger partial charge < -0.3 is 4.90 Å². The molecule has 8 heteroatoms. The van der Waals surface area contributed by atoms with Gasteiger partial charge in [0.25, 0.3) is 0 Å². The summed E-state index contributed by atoms with van der Waals surface area (Å²) < 4.78 is 38.3. The number of rotatable bonds is 3. The van der Waals surface area contributed by atoms with Crippen LogP contribution in [0.3, 0.4) is 0 Å². The first kappa shape index (κ1) is 18.4. The maximum absolute atomic E-state index is 13.3. The van der Waals surface area contributed by atoms with Crippen LogP contribution in [0.15, 0.2) is 35.7 Å². The lowest BCUT2D eigenvalue weighted by atomic mass is 10.1. The van der Waals surface area contributed by atoms with E-state index >= 15 is 0 Å². The average Bonchev–Trinajstić information content (AvgIpc) is 3.04. The molecule has 134 valence electrons. The molecule has 1 amide bonds. The number of carbonyl (C=O) groups is 1. The Morgan fingerprint density at radius 3 is 2.80 bits per heavy atom. The Balaban J connectivity index is 1.80. The number of hydrogen-bond acceptors (Lipinski definition) is 4. The second-order valence-corrected chi connectivity index (χ2v) is 9.77. The fraction of sp³-hybridized carbons (Fsp3) is 0.353. The number of sulfone groups is 1. The Morgan fingerprint density at radius 2 is 2.16 bits per heavy atom. The highest BCUT2D eigenvalue weighted by molar-refractivity contribution is 7.91. The van der Waals surface area contributed by atoms with Crippen LogP contribution in [-0.4, -0.2) is 37.6 Å². The molecule has 1 saturated heterocycles. The summed E-state index contributed by atoms with van der Waals surface area (Å²) in [7, 11) is -3.30. The van der Waals surface area contributed by atoms with Crippen molar-refractivity contribution in [2.45, 2.75) is 24.6 Å². The smallest absolute Gasteiger partial charge is 0.227 e. The zero-order chi connectivity index (χ0) is 18.2. The Labute approximate surface area is 155 Å². The molecule has 1 aliphatic heterocycles. The van der Waals surface area contributed by atoms with Gasteiger partial charge in [0.05, 0.1) is 17.2 Å². The van der Waals surface area contributed by atoms with E-state index in [0.29, 0.717) is 5.56 Å². The van der Waals surface area contributed by atoms with Crippen LogP contribution in [-0.2, 0) is 21.1 Å². The summed E-state index contributed by atoms with van der Waals surface area (Å²) in [6, 6.07) is 7.36. The van der Waals surface area contributed by atoms with Gasteiger partial charge in [0, 0.05) is 17.5 Å². The number of thiophene rings is 1. The van der Waals surface area contributed by atoms with Gasteiger partial charge in [0.15, 0.2) is 9.84 Å². The van der Waals surface area contributed by atoms with Crippen molar-refractivity contribution in [1.82, 2.24) is 4.90 Å². The molecule has 2 atom stereocenters. The normalized spacial score (nSPS) is 22.8. The molecule has 2 heterocycles. The van der Waals surface area contributed by atoms with Crippen molar-refractivity contribution in [3.8, 4) is 0 Å². The van der Waals surface area contributed by atoms with Crippen molar-refractivity contribution in [2.24, 2.45) is 0 Å². The zero-order valence-corrected chi connectivity index (χ0v) is 15.9. The van der Waals surface area contributed by atoms with Crippen molar-refractivity contribution in [3.63, 3.8) is 0 Å². The fourth-order valence-corrected chi connectivity index (χ4v) is 6.44. The van der Waals surface area contributed by atoms with Crippen molar-refractivity contribution in [1.29, 1.82) is 0 Å².